The number of amides is 2. The van der Waals surface area contributed by atoms with E-state index in [0.29, 0.717) is 12.1 Å². The zero-order chi connectivity index (χ0) is 26.2. The molecule has 1 unspecified atom stereocenters. The van der Waals surface area contributed by atoms with Gasteiger partial charge >= 0.3 is 0 Å². The Labute approximate surface area is 208 Å². The van der Waals surface area contributed by atoms with Crippen LogP contribution in [0.15, 0.2) is 54.6 Å². The van der Waals surface area contributed by atoms with E-state index in [2.05, 4.69) is 5.32 Å². The Morgan fingerprint density at radius 2 is 1.63 bits per heavy atom. The molecule has 1 N–H and O–H groups in total. The van der Waals surface area contributed by atoms with Crippen LogP contribution in [0, 0.1) is 5.82 Å². The van der Waals surface area contributed by atoms with Crippen LogP contribution in [0.1, 0.15) is 52.5 Å². The first-order valence-electron chi connectivity index (χ1n) is 11.7. The van der Waals surface area contributed by atoms with Gasteiger partial charge in [0.25, 0.3) is 0 Å². The minimum atomic E-state index is -3.63. The molecule has 192 valence electrons. The van der Waals surface area contributed by atoms with Gasteiger partial charge in [0.05, 0.1) is 11.9 Å². The number of carbonyl (C=O) groups excluding carboxylic acids is 2. The topological polar surface area (TPSA) is 86.8 Å². The van der Waals surface area contributed by atoms with Gasteiger partial charge in [0, 0.05) is 25.0 Å². The van der Waals surface area contributed by atoms with E-state index in [1.54, 1.807) is 4.90 Å². The maximum absolute atomic E-state index is 13.4. The largest absolute Gasteiger partial charge is 0.350 e. The number of nitrogens with one attached hydrogen (secondary N) is 1. The molecule has 2 amide bonds. The zero-order valence-corrected chi connectivity index (χ0v) is 21.9. The third kappa shape index (κ3) is 8.98. The van der Waals surface area contributed by atoms with Crippen LogP contribution < -0.4 is 9.62 Å². The number of halogens is 1. The molecule has 9 heteroatoms. The van der Waals surface area contributed by atoms with Crippen molar-refractivity contribution >= 4 is 27.5 Å². The van der Waals surface area contributed by atoms with Gasteiger partial charge in [0.2, 0.25) is 21.8 Å². The average molecular weight is 506 g/mol. The van der Waals surface area contributed by atoms with E-state index >= 15 is 0 Å². The van der Waals surface area contributed by atoms with Crippen LogP contribution in [-0.2, 0) is 26.2 Å². The minimum absolute atomic E-state index is 0.0549. The van der Waals surface area contributed by atoms with E-state index in [9.17, 15) is 22.4 Å². The van der Waals surface area contributed by atoms with Crippen LogP contribution >= 0.6 is 0 Å². The molecule has 0 bridgehead atoms. The summed E-state index contributed by atoms with van der Waals surface area (Å²) in [4.78, 5) is 28.0. The van der Waals surface area contributed by atoms with Crippen LogP contribution in [0.4, 0.5) is 10.1 Å². The Bertz CT molecular complexity index is 1080. The van der Waals surface area contributed by atoms with Gasteiger partial charge < -0.3 is 10.2 Å². The second kappa shape index (κ2) is 12.2. The second-order valence-corrected chi connectivity index (χ2v) is 11.5. The summed E-state index contributed by atoms with van der Waals surface area (Å²) in [5, 5.41) is 2.96. The quantitative estimate of drug-likeness (QED) is 0.498. The van der Waals surface area contributed by atoms with Crippen LogP contribution in [0.5, 0.6) is 0 Å². The zero-order valence-electron chi connectivity index (χ0n) is 21.1. The molecule has 0 aromatic heterocycles. The molecule has 2 rings (SSSR count). The smallest absolute Gasteiger partial charge is 0.243 e. The number of nitrogens with zero attached hydrogens (tertiary/aromatic N) is 2. The Morgan fingerprint density at radius 1 is 1.03 bits per heavy atom. The minimum Gasteiger partial charge on any atom is -0.350 e. The first kappa shape index (κ1) is 28.3. The number of carbonyl (C=O) groups is 2. The van der Waals surface area contributed by atoms with Crippen molar-refractivity contribution in [1.82, 2.24) is 10.2 Å². The predicted octanol–water partition coefficient (Wildman–Crippen LogP) is 4.09. The van der Waals surface area contributed by atoms with Gasteiger partial charge in [-0.1, -0.05) is 37.3 Å². The number of rotatable bonds is 11. The van der Waals surface area contributed by atoms with Gasteiger partial charge in [-0.05, 0) is 63.4 Å². The molecule has 0 fully saturated rings. The number of sulfonamides is 1. The SMILES string of the molecule is CCC(C(=O)NC(C)(C)C)N(Cc1ccccc1)C(=O)CCCN(c1ccc(F)cc1)S(C)(=O)=O. The standard InChI is InChI=1S/C26H36FN3O4S/c1-6-23(25(32)28-26(2,3)4)29(19-20-11-8-7-9-12-20)24(31)13-10-18-30(35(5,33)34)22-16-14-21(27)15-17-22/h7-9,11-12,14-17,23H,6,10,13,18-19H2,1-5H3,(H,28,32). The highest BCUT2D eigenvalue weighted by molar-refractivity contribution is 7.92. The molecule has 0 aliphatic heterocycles. The average Bonchev–Trinajstić information content (AvgIpc) is 2.76. The monoisotopic (exact) mass is 505 g/mol. The fraction of sp³-hybridized carbons (Fsp3) is 0.462. The van der Waals surface area contributed by atoms with Crippen molar-refractivity contribution in [2.45, 2.75) is 65.1 Å². The Kier molecular flexibility index (Phi) is 9.82. The summed E-state index contributed by atoms with van der Waals surface area (Å²) in [5.74, 6) is -0.932. The lowest BCUT2D eigenvalue weighted by Gasteiger charge is -2.33. The molecule has 2 aromatic rings. The van der Waals surface area contributed by atoms with Crippen LogP contribution in [0.3, 0.4) is 0 Å². The van der Waals surface area contributed by atoms with E-state index in [0.717, 1.165) is 16.1 Å². The maximum Gasteiger partial charge on any atom is 0.243 e. The molecule has 35 heavy (non-hydrogen) atoms. The molecular formula is C26H36FN3O4S. The Morgan fingerprint density at radius 3 is 2.14 bits per heavy atom. The second-order valence-electron chi connectivity index (χ2n) is 9.59. The van der Waals surface area contributed by atoms with Gasteiger partial charge in [0.15, 0.2) is 0 Å². The number of anilines is 1. The van der Waals surface area contributed by atoms with Crippen LogP contribution in [0.2, 0.25) is 0 Å². The molecular weight excluding hydrogens is 469 g/mol. The number of hydrogen-bond donors (Lipinski definition) is 1. The van der Waals surface area contributed by atoms with Gasteiger partial charge in [-0.2, -0.15) is 0 Å². The fourth-order valence-corrected chi connectivity index (χ4v) is 4.73. The lowest BCUT2D eigenvalue weighted by Crippen LogP contribution is -2.53. The molecule has 7 nitrogen and oxygen atoms in total. The highest BCUT2D eigenvalue weighted by Crippen LogP contribution is 2.20. The van der Waals surface area contributed by atoms with E-state index in [1.807, 2.05) is 58.0 Å². The van der Waals surface area contributed by atoms with E-state index in [-0.39, 0.29) is 37.7 Å². The Hall–Kier alpha value is -2.94. The molecule has 0 saturated carbocycles. The molecule has 2 aromatic carbocycles. The predicted molar refractivity (Wildman–Crippen MR) is 137 cm³/mol. The van der Waals surface area contributed by atoms with Gasteiger partial charge in [-0.25, -0.2) is 12.8 Å². The fourth-order valence-electron chi connectivity index (χ4n) is 3.76. The number of benzene rings is 2. The summed E-state index contributed by atoms with van der Waals surface area (Å²) < 4.78 is 39.1. The first-order chi connectivity index (χ1) is 16.3. The van der Waals surface area contributed by atoms with E-state index in [1.165, 1.54) is 24.3 Å². The molecule has 0 spiro atoms. The van der Waals surface area contributed by atoms with Crippen molar-refractivity contribution < 1.29 is 22.4 Å². The summed E-state index contributed by atoms with van der Waals surface area (Å²) in [5.41, 5.74) is 0.780. The normalized spacial score (nSPS) is 12.6. The molecule has 0 saturated heterocycles. The van der Waals surface area contributed by atoms with Crippen LogP contribution in [0.25, 0.3) is 0 Å². The third-order valence-electron chi connectivity index (χ3n) is 5.35. The molecule has 0 radical (unpaired) electrons. The molecule has 1 atom stereocenters. The maximum atomic E-state index is 13.4. The Balaban J connectivity index is 2.20. The van der Waals surface area contributed by atoms with Crippen molar-refractivity contribution in [2.75, 3.05) is 17.1 Å². The third-order valence-corrected chi connectivity index (χ3v) is 6.54. The highest BCUT2D eigenvalue weighted by Gasteiger charge is 2.30. The van der Waals surface area contributed by atoms with Gasteiger partial charge in [0.1, 0.15) is 11.9 Å². The van der Waals surface area contributed by atoms with Crippen molar-refractivity contribution in [3.63, 3.8) is 0 Å². The molecule has 0 heterocycles. The lowest BCUT2D eigenvalue weighted by molar-refractivity contribution is -0.142. The van der Waals surface area contributed by atoms with Crippen LogP contribution in [-0.4, -0.2) is 49.5 Å². The van der Waals surface area contributed by atoms with Crippen molar-refractivity contribution in [3.8, 4) is 0 Å². The van der Waals surface area contributed by atoms with E-state index in [4.69, 9.17) is 0 Å². The summed E-state index contributed by atoms with van der Waals surface area (Å²) >= 11 is 0. The summed E-state index contributed by atoms with van der Waals surface area (Å²) in [6, 6.07) is 13.9. The number of hydrogen-bond acceptors (Lipinski definition) is 4. The highest BCUT2D eigenvalue weighted by atomic mass is 32.2. The first-order valence-corrected chi connectivity index (χ1v) is 13.6. The van der Waals surface area contributed by atoms with Crippen molar-refractivity contribution in [1.29, 1.82) is 0 Å². The van der Waals surface area contributed by atoms with Crippen molar-refractivity contribution in [2.24, 2.45) is 0 Å². The van der Waals surface area contributed by atoms with Gasteiger partial charge in [-0.15, -0.1) is 0 Å². The van der Waals surface area contributed by atoms with Crippen molar-refractivity contribution in [3.05, 3.63) is 66.0 Å². The molecule has 0 aliphatic rings. The molecule has 0 aliphatic carbocycles. The summed E-state index contributed by atoms with van der Waals surface area (Å²) in [6.45, 7) is 7.84. The van der Waals surface area contributed by atoms with Gasteiger partial charge in [-0.3, -0.25) is 13.9 Å². The lowest BCUT2D eigenvalue weighted by atomic mass is 10.0. The summed E-state index contributed by atoms with van der Waals surface area (Å²) in [6.07, 6.45) is 1.81. The summed E-state index contributed by atoms with van der Waals surface area (Å²) in [7, 11) is -3.63. The van der Waals surface area contributed by atoms with E-state index < -0.39 is 27.4 Å².